The molecular formula is C20H24N4O4S. The number of amides is 1. The fraction of sp³-hybridized carbons (Fsp3) is 0.400. The van der Waals surface area contributed by atoms with Gasteiger partial charge in [-0.3, -0.25) is 18.7 Å². The van der Waals surface area contributed by atoms with E-state index in [-0.39, 0.29) is 35.0 Å². The van der Waals surface area contributed by atoms with E-state index in [0.29, 0.717) is 18.1 Å². The molecule has 0 radical (unpaired) electrons. The van der Waals surface area contributed by atoms with E-state index in [1.165, 1.54) is 14.1 Å². The largest absolute Gasteiger partial charge is 0.494 e. The molecule has 3 rings (SSSR count). The standard InChI is InChI=1S/C20H24N4O4S/c1-5-16(25)24-14(12-9-7-8-10-15(12)28-6-2)11-13(21-24)17-18(26)22(3)20(29)23(4)19(17)27/h7-10,14,26H,5-6,11H2,1-4H3/t14-/m1/s1. The van der Waals surface area contributed by atoms with E-state index < -0.39 is 11.6 Å². The molecule has 0 fully saturated rings. The van der Waals surface area contributed by atoms with Crippen molar-refractivity contribution in [3.8, 4) is 11.6 Å². The molecule has 2 aromatic rings. The van der Waals surface area contributed by atoms with Gasteiger partial charge < -0.3 is 9.84 Å². The Labute approximate surface area is 173 Å². The predicted molar refractivity (Wildman–Crippen MR) is 112 cm³/mol. The van der Waals surface area contributed by atoms with Gasteiger partial charge in [0.1, 0.15) is 11.3 Å². The van der Waals surface area contributed by atoms with E-state index in [9.17, 15) is 14.7 Å². The third-order valence-corrected chi connectivity index (χ3v) is 5.52. The summed E-state index contributed by atoms with van der Waals surface area (Å²) in [4.78, 5) is 25.4. The zero-order valence-electron chi connectivity index (χ0n) is 16.9. The summed E-state index contributed by atoms with van der Waals surface area (Å²) in [7, 11) is 3.12. The molecule has 0 saturated heterocycles. The smallest absolute Gasteiger partial charge is 0.267 e. The highest BCUT2D eigenvalue weighted by Crippen LogP contribution is 2.38. The average molecular weight is 417 g/mol. The number of ether oxygens (including phenoxy) is 1. The van der Waals surface area contributed by atoms with E-state index in [2.05, 4.69) is 5.10 Å². The molecule has 1 atom stereocenters. The minimum Gasteiger partial charge on any atom is -0.494 e. The summed E-state index contributed by atoms with van der Waals surface area (Å²) in [5, 5.41) is 16.4. The predicted octanol–water partition coefficient (Wildman–Crippen LogP) is 2.65. The molecule has 0 spiro atoms. The van der Waals surface area contributed by atoms with Crippen molar-refractivity contribution in [2.24, 2.45) is 19.2 Å². The highest BCUT2D eigenvalue weighted by molar-refractivity contribution is 7.71. The zero-order valence-corrected chi connectivity index (χ0v) is 17.7. The second-order valence-electron chi connectivity index (χ2n) is 6.73. The van der Waals surface area contributed by atoms with E-state index in [1.54, 1.807) is 21.0 Å². The Morgan fingerprint density at radius 2 is 1.97 bits per heavy atom. The van der Waals surface area contributed by atoms with Crippen LogP contribution in [0.4, 0.5) is 0 Å². The lowest BCUT2D eigenvalue weighted by Crippen LogP contribution is -2.28. The number of aromatic hydroxyl groups is 1. The maximum absolute atomic E-state index is 12.8. The summed E-state index contributed by atoms with van der Waals surface area (Å²) in [6.45, 7) is 4.13. The van der Waals surface area contributed by atoms with Gasteiger partial charge in [-0.2, -0.15) is 5.10 Å². The lowest BCUT2D eigenvalue weighted by Gasteiger charge is -2.23. The Morgan fingerprint density at radius 1 is 1.28 bits per heavy atom. The average Bonchev–Trinajstić information content (AvgIpc) is 3.15. The molecule has 0 bridgehead atoms. The van der Waals surface area contributed by atoms with Crippen molar-refractivity contribution < 1.29 is 14.6 Å². The minimum absolute atomic E-state index is 0.0499. The summed E-state index contributed by atoms with van der Waals surface area (Å²) in [5.41, 5.74) is 0.739. The second kappa shape index (κ2) is 8.20. The molecule has 0 saturated carbocycles. The quantitative estimate of drug-likeness (QED) is 0.757. The first-order valence-corrected chi connectivity index (χ1v) is 9.83. The number of aromatic nitrogens is 2. The lowest BCUT2D eigenvalue weighted by atomic mass is 9.98. The van der Waals surface area contributed by atoms with E-state index in [0.717, 1.165) is 5.56 Å². The molecule has 0 aliphatic carbocycles. The molecule has 2 heterocycles. The molecular weight excluding hydrogens is 392 g/mol. The molecule has 1 amide bonds. The third-order valence-electron chi connectivity index (χ3n) is 4.97. The second-order valence-corrected chi connectivity index (χ2v) is 7.10. The lowest BCUT2D eigenvalue weighted by molar-refractivity contribution is -0.132. The van der Waals surface area contributed by atoms with Gasteiger partial charge in [0.15, 0.2) is 4.77 Å². The SMILES string of the molecule is CCOc1ccccc1[C@H]1CC(c2c(O)n(C)c(=S)n(C)c2=O)=NN1C(=O)CC. The Bertz CT molecular complexity index is 1100. The van der Waals surface area contributed by atoms with Gasteiger partial charge in [-0.1, -0.05) is 25.1 Å². The van der Waals surface area contributed by atoms with Crippen LogP contribution < -0.4 is 10.3 Å². The van der Waals surface area contributed by atoms with Crippen LogP contribution >= 0.6 is 12.2 Å². The van der Waals surface area contributed by atoms with E-state index in [1.807, 2.05) is 31.2 Å². The molecule has 1 aromatic carbocycles. The number of para-hydroxylation sites is 1. The van der Waals surface area contributed by atoms with Gasteiger partial charge in [0.2, 0.25) is 11.8 Å². The number of hydrazone groups is 1. The van der Waals surface area contributed by atoms with Gasteiger partial charge in [-0.15, -0.1) is 0 Å². The molecule has 1 aliphatic heterocycles. The molecule has 1 aromatic heterocycles. The molecule has 8 nitrogen and oxygen atoms in total. The molecule has 1 N–H and O–H groups in total. The van der Waals surface area contributed by atoms with Gasteiger partial charge in [-0.25, -0.2) is 5.01 Å². The molecule has 0 unspecified atom stereocenters. The first kappa shape index (κ1) is 20.8. The normalized spacial score (nSPS) is 16.1. The number of hydrogen-bond donors (Lipinski definition) is 1. The number of rotatable bonds is 5. The summed E-state index contributed by atoms with van der Waals surface area (Å²) < 4.78 is 8.55. The van der Waals surface area contributed by atoms with Crippen molar-refractivity contribution in [2.75, 3.05) is 6.61 Å². The maximum atomic E-state index is 12.8. The van der Waals surface area contributed by atoms with Crippen LogP contribution in [-0.2, 0) is 18.9 Å². The van der Waals surface area contributed by atoms with Crippen LogP contribution in [0.1, 0.15) is 43.9 Å². The number of benzene rings is 1. The molecule has 29 heavy (non-hydrogen) atoms. The van der Waals surface area contributed by atoms with Crippen LogP contribution in [0.5, 0.6) is 11.6 Å². The maximum Gasteiger partial charge on any atom is 0.267 e. The van der Waals surface area contributed by atoms with Crippen LogP contribution in [0.25, 0.3) is 0 Å². The summed E-state index contributed by atoms with van der Waals surface area (Å²) in [6, 6.07) is 7.02. The van der Waals surface area contributed by atoms with Crippen molar-refractivity contribution in [3.63, 3.8) is 0 Å². The summed E-state index contributed by atoms with van der Waals surface area (Å²) in [5.74, 6) is 0.213. The fourth-order valence-corrected chi connectivity index (χ4v) is 3.59. The van der Waals surface area contributed by atoms with Crippen molar-refractivity contribution in [2.45, 2.75) is 32.7 Å². The van der Waals surface area contributed by atoms with Crippen molar-refractivity contribution >= 4 is 23.8 Å². The van der Waals surface area contributed by atoms with E-state index >= 15 is 0 Å². The van der Waals surface area contributed by atoms with Crippen LogP contribution in [0, 0.1) is 4.77 Å². The third kappa shape index (κ3) is 3.57. The van der Waals surface area contributed by atoms with Crippen molar-refractivity contribution in [3.05, 3.63) is 50.5 Å². The minimum atomic E-state index is -0.452. The molecule has 9 heteroatoms. The van der Waals surface area contributed by atoms with Gasteiger partial charge in [0.25, 0.3) is 5.56 Å². The molecule has 1 aliphatic rings. The van der Waals surface area contributed by atoms with Crippen LogP contribution in [0.3, 0.4) is 0 Å². The highest BCUT2D eigenvalue weighted by Gasteiger charge is 2.36. The van der Waals surface area contributed by atoms with E-state index in [4.69, 9.17) is 17.0 Å². The Morgan fingerprint density at radius 3 is 2.62 bits per heavy atom. The molecule has 154 valence electrons. The van der Waals surface area contributed by atoms with Gasteiger partial charge >= 0.3 is 0 Å². The number of carbonyl (C=O) groups is 1. The van der Waals surface area contributed by atoms with Crippen LogP contribution in [0.2, 0.25) is 0 Å². The van der Waals surface area contributed by atoms with Crippen molar-refractivity contribution in [1.82, 2.24) is 14.1 Å². The topological polar surface area (TPSA) is 89.1 Å². The van der Waals surface area contributed by atoms with Crippen molar-refractivity contribution in [1.29, 1.82) is 0 Å². The van der Waals surface area contributed by atoms with Crippen LogP contribution in [-0.4, -0.2) is 37.5 Å². The monoisotopic (exact) mass is 416 g/mol. The highest BCUT2D eigenvalue weighted by atomic mass is 32.1. The van der Waals surface area contributed by atoms with Gasteiger partial charge in [-0.05, 0) is 25.2 Å². The first-order chi connectivity index (χ1) is 13.8. The summed E-state index contributed by atoms with van der Waals surface area (Å²) >= 11 is 5.18. The Kier molecular flexibility index (Phi) is 5.88. The van der Waals surface area contributed by atoms with Gasteiger partial charge in [0, 0.05) is 32.5 Å². The number of hydrogen-bond acceptors (Lipinski definition) is 6. The number of carbonyl (C=O) groups excluding carboxylic acids is 1. The number of nitrogens with zero attached hydrogens (tertiary/aromatic N) is 4. The summed E-state index contributed by atoms with van der Waals surface area (Å²) in [6.07, 6.45) is 0.530. The fourth-order valence-electron chi connectivity index (χ4n) is 3.42. The Balaban J connectivity index is 2.15. The Hall–Kier alpha value is -2.94. The zero-order chi connectivity index (χ0) is 21.3. The van der Waals surface area contributed by atoms with Gasteiger partial charge in [0.05, 0.1) is 18.4 Å². The van der Waals surface area contributed by atoms with Crippen LogP contribution in [0.15, 0.2) is 34.2 Å². The first-order valence-electron chi connectivity index (χ1n) is 9.42.